The number of hydrogen-bond donors (Lipinski definition) is 4. The van der Waals surface area contributed by atoms with Gasteiger partial charge in [0.1, 0.15) is 5.75 Å². The molecule has 6 nitrogen and oxygen atoms in total. The number of hydrazone groups is 1. The van der Waals surface area contributed by atoms with Gasteiger partial charge in [0.2, 0.25) is 5.96 Å². The predicted octanol–water partition coefficient (Wildman–Crippen LogP) is 2.43. The van der Waals surface area contributed by atoms with E-state index in [1.807, 2.05) is 31.2 Å². The van der Waals surface area contributed by atoms with E-state index in [0.29, 0.717) is 6.42 Å². The Kier molecular flexibility index (Phi) is 5.41. The molecule has 1 unspecified atom stereocenters. The van der Waals surface area contributed by atoms with Crippen molar-refractivity contribution in [2.24, 2.45) is 10.8 Å². The van der Waals surface area contributed by atoms with E-state index >= 15 is 0 Å². The number of aromatic hydroxyl groups is 1. The third-order valence-corrected chi connectivity index (χ3v) is 4.09. The highest BCUT2D eigenvalue weighted by atomic mass is 35.5. The van der Waals surface area contributed by atoms with Crippen molar-refractivity contribution in [3.8, 4) is 5.75 Å². The number of fused-ring (bicyclic) bond motifs is 1. The Morgan fingerprint density at radius 1 is 1.33 bits per heavy atom. The average molecular weight is 346 g/mol. The summed E-state index contributed by atoms with van der Waals surface area (Å²) in [6, 6.07) is 9.29. The Hall–Kier alpha value is -2.60. The molecule has 1 aliphatic rings. The van der Waals surface area contributed by atoms with Crippen molar-refractivity contribution in [2.75, 3.05) is 0 Å². The lowest BCUT2D eigenvalue weighted by Crippen LogP contribution is -2.29. The molecule has 0 saturated heterocycles. The Labute approximate surface area is 146 Å². The summed E-state index contributed by atoms with van der Waals surface area (Å²) in [6.45, 7) is 2.02. The number of hydrogen-bond acceptors (Lipinski definition) is 4. The van der Waals surface area contributed by atoms with Crippen LogP contribution in [0.3, 0.4) is 0 Å². The number of pyridine rings is 1. The highest BCUT2D eigenvalue weighted by Gasteiger charge is 2.28. The van der Waals surface area contributed by atoms with E-state index in [-0.39, 0.29) is 30.0 Å². The number of halogens is 1. The highest BCUT2D eigenvalue weighted by Crippen LogP contribution is 2.36. The van der Waals surface area contributed by atoms with Crippen LogP contribution in [0.2, 0.25) is 0 Å². The van der Waals surface area contributed by atoms with Crippen molar-refractivity contribution >= 4 is 24.1 Å². The first-order valence-corrected chi connectivity index (χ1v) is 7.45. The second-order valence-corrected chi connectivity index (χ2v) is 5.70. The second kappa shape index (κ2) is 7.31. The molecule has 1 atom stereocenters. The SMILES string of the molecule is Cc1ccnc2c1C(=NNC(=N)N)CC(c1ccccc1O)C2.Cl. The van der Waals surface area contributed by atoms with Crippen LogP contribution < -0.4 is 11.2 Å². The standard InChI is InChI=1S/C17H19N5O.ClH/c1-10-6-7-20-13-8-11(12-4-2-3-5-15(12)23)9-14(16(10)13)21-22-17(18)19;/h2-7,11,23H,8-9H2,1H3,(H4,18,19,22);1H. The molecule has 0 spiro atoms. The first kappa shape index (κ1) is 17.7. The molecule has 7 heteroatoms. The van der Waals surface area contributed by atoms with Crippen molar-refractivity contribution in [3.63, 3.8) is 0 Å². The zero-order chi connectivity index (χ0) is 16.4. The number of guanidine groups is 1. The van der Waals surface area contributed by atoms with Crippen LogP contribution in [-0.2, 0) is 6.42 Å². The van der Waals surface area contributed by atoms with E-state index in [1.165, 1.54) is 0 Å². The zero-order valence-electron chi connectivity index (χ0n) is 13.3. The number of phenolic OH excluding ortho intramolecular Hbond substituents is 1. The van der Waals surface area contributed by atoms with Gasteiger partial charge in [0.15, 0.2) is 0 Å². The van der Waals surface area contributed by atoms with Crippen LogP contribution in [0.5, 0.6) is 5.75 Å². The Bertz CT molecular complexity index is 790. The van der Waals surface area contributed by atoms with Crippen LogP contribution in [0.1, 0.15) is 34.7 Å². The minimum Gasteiger partial charge on any atom is -0.508 e. The van der Waals surface area contributed by atoms with E-state index in [4.69, 9.17) is 11.1 Å². The quantitative estimate of drug-likeness (QED) is 0.381. The van der Waals surface area contributed by atoms with Gasteiger partial charge in [-0.2, -0.15) is 5.10 Å². The Morgan fingerprint density at radius 2 is 2.08 bits per heavy atom. The molecular formula is C17H20ClN5O. The number of aryl methyl sites for hydroxylation is 1. The fourth-order valence-electron chi connectivity index (χ4n) is 3.09. The van der Waals surface area contributed by atoms with Gasteiger partial charge in [-0.3, -0.25) is 10.4 Å². The van der Waals surface area contributed by atoms with Gasteiger partial charge in [0, 0.05) is 11.8 Å². The molecule has 0 bridgehead atoms. The first-order chi connectivity index (χ1) is 11.1. The monoisotopic (exact) mass is 345 g/mol. The topological polar surface area (TPSA) is 107 Å². The smallest absolute Gasteiger partial charge is 0.206 e. The van der Waals surface area contributed by atoms with Gasteiger partial charge in [-0.25, -0.2) is 5.43 Å². The summed E-state index contributed by atoms with van der Waals surface area (Å²) in [5.41, 5.74) is 12.6. The number of nitrogens with one attached hydrogen (secondary N) is 2. The van der Waals surface area contributed by atoms with E-state index in [9.17, 15) is 5.11 Å². The first-order valence-electron chi connectivity index (χ1n) is 7.45. The fourth-order valence-corrected chi connectivity index (χ4v) is 3.09. The van der Waals surface area contributed by atoms with Crippen LogP contribution in [0.4, 0.5) is 0 Å². The van der Waals surface area contributed by atoms with Gasteiger partial charge < -0.3 is 10.8 Å². The maximum absolute atomic E-state index is 10.1. The largest absolute Gasteiger partial charge is 0.508 e. The van der Waals surface area contributed by atoms with Gasteiger partial charge in [-0.1, -0.05) is 18.2 Å². The minimum atomic E-state index is -0.203. The maximum atomic E-state index is 10.1. The summed E-state index contributed by atoms with van der Waals surface area (Å²) < 4.78 is 0. The molecular weight excluding hydrogens is 326 g/mol. The van der Waals surface area contributed by atoms with Crippen molar-refractivity contribution in [1.29, 1.82) is 5.41 Å². The Balaban J connectivity index is 0.00000208. The van der Waals surface area contributed by atoms with Crippen LogP contribution in [0.25, 0.3) is 0 Å². The lowest BCUT2D eigenvalue weighted by molar-refractivity contribution is 0.460. The van der Waals surface area contributed by atoms with E-state index in [2.05, 4.69) is 15.5 Å². The van der Waals surface area contributed by atoms with Crippen LogP contribution in [-0.4, -0.2) is 21.8 Å². The molecule has 1 aromatic heterocycles. The summed E-state index contributed by atoms with van der Waals surface area (Å²) in [4.78, 5) is 4.49. The molecule has 24 heavy (non-hydrogen) atoms. The summed E-state index contributed by atoms with van der Waals surface area (Å²) in [7, 11) is 0. The van der Waals surface area contributed by atoms with Crippen molar-refractivity contribution in [2.45, 2.75) is 25.7 Å². The molecule has 3 rings (SSSR count). The van der Waals surface area contributed by atoms with Gasteiger partial charge in [-0.15, -0.1) is 12.4 Å². The lowest BCUT2D eigenvalue weighted by Gasteiger charge is -2.27. The van der Waals surface area contributed by atoms with Gasteiger partial charge in [0.05, 0.1) is 11.4 Å². The maximum Gasteiger partial charge on any atom is 0.206 e. The molecule has 5 N–H and O–H groups in total. The third-order valence-electron chi connectivity index (χ3n) is 4.09. The van der Waals surface area contributed by atoms with Crippen molar-refractivity contribution < 1.29 is 5.11 Å². The number of aromatic nitrogens is 1. The van der Waals surface area contributed by atoms with Crippen molar-refractivity contribution in [1.82, 2.24) is 10.4 Å². The van der Waals surface area contributed by atoms with Gasteiger partial charge in [0.25, 0.3) is 0 Å². The van der Waals surface area contributed by atoms with E-state index < -0.39 is 0 Å². The lowest BCUT2D eigenvalue weighted by atomic mass is 9.79. The van der Waals surface area contributed by atoms with Gasteiger partial charge in [-0.05, 0) is 48.9 Å². The molecule has 126 valence electrons. The number of para-hydroxylation sites is 1. The molecule has 0 amide bonds. The van der Waals surface area contributed by atoms with Crippen LogP contribution in [0.15, 0.2) is 41.6 Å². The summed E-state index contributed by atoms with van der Waals surface area (Å²) >= 11 is 0. The number of nitrogens with two attached hydrogens (primary N) is 1. The zero-order valence-corrected chi connectivity index (χ0v) is 14.1. The average Bonchev–Trinajstić information content (AvgIpc) is 2.53. The normalized spacial score (nSPS) is 17.7. The van der Waals surface area contributed by atoms with Gasteiger partial charge >= 0.3 is 0 Å². The summed E-state index contributed by atoms with van der Waals surface area (Å²) in [5.74, 6) is 0.170. The molecule has 0 radical (unpaired) electrons. The second-order valence-electron chi connectivity index (χ2n) is 5.70. The van der Waals surface area contributed by atoms with E-state index in [0.717, 1.165) is 34.5 Å². The Morgan fingerprint density at radius 3 is 2.79 bits per heavy atom. The highest BCUT2D eigenvalue weighted by molar-refractivity contribution is 6.04. The van der Waals surface area contributed by atoms with E-state index in [1.54, 1.807) is 12.3 Å². The van der Waals surface area contributed by atoms with Crippen molar-refractivity contribution in [3.05, 3.63) is 58.9 Å². The number of nitrogens with zero attached hydrogens (tertiary/aromatic N) is 2. The molecule has 0 aliphatic heterocycles. The predicted molar refractivity (Wildman–Crippen MR) is 97.0 cm³/mol. The number of rotatable bonds is 2. The fraction of sp³-hybridized carbons (Fsp3) is 0.235. The number of phenols is 1. The molecule has 1 aliphatic carbocycles. The summed E-state index contributed by atoms with van der Waals surface area (Å²) in [6.07, 6.45) is 3.18. The molecule has 1 heterocycles. The molecule has 0 fully saturated rings. The third kappa shape index (κ3) is 3.49. The molecule has 1 aromatic carbocycles. The molecule has 0 saturated carbocycles. The minimum absolute atomic E-state index is 0. The van der Waals surface area contributed by atoms with Crippen LogP contribution >= 0.6 is 12.4 Å². The molecule has 2 aromatic rings. The number of benzene rings is 1. The summed E-state index contributed by atoms with van der Waals surface area (Å²) in [5, 5.41) is 21.7. The van der Waals surface area contributed by atoms with Crippen LogP contribution in [0, 0.1) is 12.3 Å².